The van der Waals surface area contributed by atoms with Gasteiger partial charge in [0.2, 0.25) is 0 Å². The van der Waals surface area contributed by atoms with E-state index < -0.39 is 0 Å². The van der Waals surface area contributed by atoms with Gasteiger partial charge in [-0.15, -0.1) is 0 Å². The van der Waals surface area contributed by atoms with E-state index in [4.69, 9.17) is 4.74 Å². The second kappa shape index (κ2) is 8.79. The molecule has 2 aromatic carbocycles. The Morgan fingerprint density at radius 2 is 1.54 bits per heavy atom. The molecule has 2 rings (SSSR count). The van der Waals surface area contributed by atoms with Gasteiger partial charge in [0.25, 0.3) is 11.8 Å². The maximum Gasteiger partial charge on any atom is 0.255 e. The van der Waals surface area contributed by atoms with Crippen molar-refractivity contribution >= 4 is 17.5 Å². The summed E-state index contributed by atoms with van der Waals surface area (Å²) < 4.78 is 17.8. The molecule has 6 heteroatoms. The van der Waals surface area contributed by atoms with Crippen LogP contribution in [0.25, 0.3) is 0 Å². The van der Waals surface area contributed by atoms with Crippen LogP contribution in [0.4, 0.5) is 10.1 Å². The van der Waals surface area contributed by atoms with Crippen LogP contribution < -0.4 is 10.6 Å². The Labute approximate surface area is 139 Å². The molecule has 126 valence electrons. The molecule has 0 atom stereocenters. The van der Waals surface area contributed by atoms with Gasteiger partial charge in [0.15, 0.2) is 0 Å². The molecule has 0 aliphatic heterocycles. The SMILES string of the molecule is COCCCNC(=O)c1ccc(C(=O)Nc2ccc(F)cc2)cc1. The standard InChI is InChI=1S/C18H19FN2O3/c1-24-12-2-11-20-17(22)13-3-5-14(6-4-13)18(23)21-16-9-7-15(19)8-10-16/h3-10H,2,11-12H2,1H3,(H,20,22)(H,21,23). The molecule has 0 heterocycles. The smallest absolute Gasteiger partial charge is 0.255 e. The van der Waals surface area contributed by atoms with E-state index in [1.807, 2.05) is 0 Å². The number of nitrogens with one attached hydrogen (secondary N) is 2. The number of carbonyl (C=O) groups is 2. The molecule has 2 N–H and O–H groups in total. The van der Waals surface area contributed by atoms with Gasteiger partial charge in [0, 0.05) is 37.1 Å². The highest BCUT2D eigenvalue weighted by Crippen LogP contribution is 2.11. The molecule has 0 saturated heterocycles. The summed E-state index contributed by atoms with van der Waals surface area (Å²) in [5, 5.41) is 5.43. The Bertz CT molecular complexity index is 684. The summed E-state index contributed by atoms with van der Waals surface area (Å²) in [5.41, 5.74) is 1.39. The van der Waals surface area contributed by atoms with E-state index >= 15 is 0 Å². The first-order valence-electron chi connectivity index (χ1n) is 7.54. The average molecular weight is 330 g/mol. The second-order valence-electron chi connectivity index (χ2n) is 5.14. The molecule has 0 aliphatic rings. The molecule has 2 aromatic rings. The molecule has 0 fully saturated rings. The topological polar surface area (TPSA) is 67.4 Å². The molecule has 0 bridgehead atoms. The zero-order chi connectivity index (χ0) is 17.4. The Morgan fingerprint density at radius 1 is 0.958 bits per heavy atom. The third-order valence-electron chi connectivity index (χ3n) is 3.32. The van der Waals surface area contributed by atoms with Gasteiger partial charge >= 0.3 is 0 Å². The van der Waals surface area contributed by atoms with Gasteiger partial charge in [-0.3, -0.25) is 9.59 Å². The number of amides is 2. The minimum absolute atomic E-state index is 0.198. The maximum atomic E-state index is 12.8. The number of halogens is 1. The van der Waals surface area contributed by atoms with Crippen LogP contribution in [0.2, 0.25) is 0 Å². The fraction of sp³-hybridized carbons (Fsp3) is 0.222. The lowest BCUT2D eigenvalue weighted by Gasteiger charge is -2.07. The van der Waals surface area contributed by atoms with E-state index in [1.165, 1.54) is 24.3 Å². The van der Waals surface area contributed by atoms with Gasteiger partial charge in [-0.2, -0.15) is 0 Å². The number of rotatable bonds is 7. The largest absolute Gasteiger partial charge is 0.385 e. The van der Waals surface area contributed by atoms with Crippen molar-refractivity contribution in [3.05, 3.63) is 65.5 Å². The molecule has 0 saturated carbocycles. The highest BCUT2D eigenvalue weighted by molar-refractivity contribution is 6.05. The monoisotopic (exact) mass is 330 g/mol. The molecule has 2 amide bonds. The minimum Gasteiger partial charge on any atom is -0.385 e. The summed E-state index contributed by atoms with van der Waals surface area (Å²) in [5.74, 6) is -0.890. The van der Waals surface area contributed by atoms with Gasteiger partial charge in [-0.1, -0.05) is 0 Å². The number of hydrogen-bond acceptors (Lipinski definition) is 3. The van der Waals surface area contributed by atoms with E-state index in [2.05, 4.69) is 10.6 Å². The van der Waals surface area contributed by atoms with E-state index in [0.717, 1.165) is 6.42 Å². The molecule has 0 radical (unpaired) electrons. The average Bonchev–Trinajstić information content (AvgIpc) is 2.60. The number of anilines is 1. The Kier molecular flexibility index (Phi) is 6.45. The first-order chi connectivity index (χ1) is 11.6. The third-order valence-corrected chi connectivity index (χ3v) is 3.32. The van der Waals surface area contributed by atoms with Gasteiger partial charge in [0.1, 0.15) is 5.82 Å². The van der Waals surface area contributed by atoms with E-state index in [9.17, 15) is 14.0 Å². The zero-order valence-corrected chi connectivity index (χ0v) is 13.3. The number of carbonyl (C=O) groups excluding carboxylic acids is 2. The molecular formula is C18H19FN2O3. The van der Waals surface area contributed by atoms with Crippen molar-refractivity contribution in [1.82, 2.24) is 5.32 Å². The normalized spacial score (nSPS) is 10.2. The van der Waals surface area contributed by atoms with Crippen LogP contribution >= 0.6 is 0 Å². The molecule has 0 aliphatic carbocycles. The van der Waals surface area contributed by atoms with Crippen molar-refractivity contribution in [1.29, 1.82) is 0 Å². The number of methoxy groups -OCH3 is 1. The molecule has 0 unspecified atom stereocenters. The van der Waals surface area contributed by atoms with Gasteiger partial charge in [0.05, 0.1) is 0 Å². The van der Waals surface area contributed by atoms with Gasteiger partial charge in [-0.25, -0.2) is 4.39 Å². The van der Waals surface area contributed by atoms with Crippen LogP contribution in [-0.4, -0.2) is 32.1 Å². The third kappa shape index (κ3) is 5.17. The first kappa shape index (κ1) is 17.6. The summed E-state index contributed by atoms with van der Waals surface area (Å²) in [4.78, 5) is 24.0. The number of ether oxygens (including phenoxy) is 1. The van der Waals surface area contributed by atoms with Crippen molar-refractivity contribution in [2.24, 2.45) is 0 Å². The second-order valence-corrected chi connectivity index (χ2v) is 5.14. The Morgan fingerprint density at radius 3 is 2.12 bits per heavy atom. The predicted octanol–water partition coefficient (Wildman–Crippen LogP) is 2.84. The van der Waals surface area contributed by atoms with Crippen LogP contribution in [0.5, 0.6) is 0 Å². The summed E-state index contributed by atoms with van der Waals surface area (Å²) in [6, 6.07) is 11.8. The van der Waals surface area contributed by atoms with Gasteiger partial charge < -0.3 is 15.4 Å². The van der Waals surface area contributed by atoms with Crippen LogP contribution in [0, 0.1) is 5.82 Å². The first-order valence-corrected chi connectivity index (χ1v) is 7.54. The van der Waals surface area contributed by atoms with Crippen molar-refractivity contribution < 1.29 is 18.7 Å². The fourth-order valence-electron chi connectivity index (χ4n) is 2.03. The minimum atomic E-state index is -0.367. The number of benzene rings is 2. The highest BCUT2D eigenvalue weighted by Gasteiger charge is 2.09. The highest BCUT2D eigenvalue weighted by atomic mass is 19.1. The summed E-state index contributed by atoms with van der Waals surface area (Å²) in [6.07, 6.45) is 0.737. The zero-order valence-electron chi connectivity index (χ0n) is 13.3. The molecule has 24 heavy (non-hydrogen) atoms. The molecule has 0 spiro atoms. The quantitative estimate of drug-likeness (QED) is 0.767. The van der Waals surface area contributed by atoms with E-state index in [1.54, 1.807) is 31.4 Å². The Balaban J connectivity index is 1.92. The van der Waals surface area contributed by atoms with Crippen LogP contribution in [0.15, 0.2) is 48.5 Å². The molecule has 5 nitrogen and oxygen atoms in total. The summed E-state index contributed by atoms with van der Waals surface area (Å²) in [7, 11) is 1.61. The summed E-state index contributed by atoms with van der Waals surface area (Å²) >= 11 is 0. The van der Waals surface area contributed by atoms with Crippen LogP contribution in [0.3, 0.4) is 0 Å². The molecular weight excluding hydrogens is 311 g/mol. The summed E-state index contributed by atoms with van der Waals surface area (Å²) in [6.45, 7) is 1.11. The fourth-order valence-corrected chi connectivity index (χ4v) is 2.03. The number of hydrogen-bond donors (Lipinski definition) is 2. The van der Waals surface area contributed by atoms with Gasteiger partial charge in [-0.05, 0) is 55.0 Å². The lowest BCUT2D eigenvalue weighted by atomic mass is 10.1. The van der Waals surface area contributed by atoms with E-state index in [0.29, 0.717) is 30.0 Å². The Hall–Kier alpha value is -2.73. The lowest BCUT2D eigenvalue weighted by molar-refractivity contribution is 0.0947. The lowest BCUT2D eigenvalue weighted by Crippen LogP contribution is -2.25. The predicted molar refractivity (Wildman–Crippen MR) is 89.6 cm³/mol. The van der Waals surface area contributed by atoms with Crippen LogP contribution in [-0.2, 0) is 4.74 Å². The van der Waals surface area contributed by atoms with Crippen molar-refractivity contribution in [3.63, 3.8) is 0 Å². The van der Waals surface area contributed by atoms with Crippen molar-refractivity contribution in [3.8, 4) is 0 Å². The molecule has 0 aromatic heterocycles. The van der Waals surface area contributed by atoms with E-state index in [-0.39, 0.29) is 17.6 Å². The maximum absolute atomic E-state index is 12.8. The van der Waals surface area contributed by atoms with Crippen molar-refractivity contribution in [2.45, 2.75) is 6.42 Å². The van der Waals surface area contributed by atoms with Crippen LogP contribution in [0.1, 0.15) is 27.1 Å². The van der Waals surface area contributed by atoms with Crippen molar-refractivity contribution in [2.75, 3.05) is 25.6 Å².